The second-order valence-corrected chi connectivity index (χ2v) is 6.36. The highest BCUT2D eigenvalue weighted by Crippen LogP contribution is 2.18. The van der Waals surface area contributed by atoms with Crippen molar-refractivity contribution in [3.63, 3.8) is 0 Å². The average Bonchev–Trinajstić information content (AvgIpc) is 2.98. The van der Waals surface area contributed by atoms with Crippen molar-refractivity contribution in [3.05, 3.63) is 41.4 Å². The maximum atomic E-state index is 12.3. The highest BCUT2D eigenvalue weighted by atomic mass is 16.4. The van der Waals surface area contributed by atoms with Crippen LogP contribution in [0, 0.1) is 19.8 Å². The van der Waals surface area contributed by atoms with Crippen molar-refractivity contribution in [2.45, 2.75) is 33.2 Å². The lowest BCUT2D eigenvalue weighted by Gasteiger charge is -2.31. The third-order valence-corrected chi connectivity index (χ3v) is 4.36. The molecule has 1 aliphatic heterocycles. The lowest BCUT2D eigenvalue weighted by atomic mass is 9.98. The van der Waals surface area contributed by atoms with Gasteiger partial charge in [0, 0.05) is 32.4 Å². The zero-order chi connectivity index (χ0) is 16.9. The topological polar surface area (TPSA) is 84.2 Å². The summed E-state index contributed by atoms with van der Waals surface area (Å²) >= 11 is 0. The van der Waals surface area contributed by atoms with Gasteiger partial charge in [0.15, 0.2) is 0 Å². The molecule has 1 unspecified atom stereocenters. The second kappa shape index (κ2) is 7.53. The lowest BCUT2D eigenvalue weighted by Crippen LogP contribution is -2.40. The molecule has 2 aromatic rings. The number of hydrogen-bond acceptors (Lipinski definition) is 6. The van der Waals surface area contributed by atoms with Crippen molar-refractivity contribution in [1.82, 2.24) is 25.4 Å². The number of amides is 1. The summed E-state index contributed by atoms with van der Waals surface area (Å²) in [5, 5.41) is 11.0. The van der Waals surface area contributed by atoms with Crippen molar-refractivity contribution >= 4 is 5.91 Å². The molecular weight excluding hydrogens is 306 g/mol. The van der Waals surface area contributed by atoms with E-state index in [2.05, 4.69) is 25.4 Å². The molecule has 7 heteroatoms. The van der Waals surface area contributed by atoms with Crippen molar-refractivity contribution in [2.75, 3.05) is 19.6 Å². The first-order valence-corrected chi connectivity index (χ1v) is 8.32. The van der Waals surface area contributed by atoms with Crippen molar-refractivity contribution < 1.29 is 9.21 Å². The highest BCUT2D eigenvalue weighted by Gasteiger charge is 2.22. The summed E-state index contributed by atoms with van der Waals surface area (Å²) in [6.07, 6.45) is 5.55. The van der Waals surface area contributed by atoms with Gasteiger partial charge in [-0.15, -0.1) is 10.2 Å². The van der Waals surface area contributed by atoms with E-state index >= 15 is 0 Å². The largest absolute Gasteiger partial charge is 0.424 e. The molecule has 0 spiro atoms. The first-order chi connectivity index (χ1) is 11.6. The Morgan fingerprint density at radius 3 is 3.04 bits per heavy atom. The number of hydrogen-bond donors (Lipinski definition) is 1. The number of aromatic nitrogens is 3. The summed E-state index contributed by atoms with van der Waals surface area (Å²) in [6.45, 7) is 7.01. The monoisotopic (exact) mass is 329 g/mol. The molecule has 0 aromatic carbocycles. The molecule has 128 valence electrons. The van der Waals surface area contributed by atoms with Crippen LogP contribution in [0.4, 0.5) is 0 Å². The first-order valence-electron chi connectivity index (χ1n) is 8.32. The maximum Gasteiger partial charge on any atom is 0.253 e. The molecule has 1 aliphatic rings. The van der Waals surface area contributed by atoms with Gasteiger partial charge in [-0.2, -0.15) is 0 Å². The van der Waals surface area contributed by atoms with Gasteiger partial charge in [-0.1, -0.05) is 0 Å². The van der Waals surface area contributed by atoms with Crippen LogP contribution in [-0.4, -0.2) is 45.6 Å². The molecular formula is C17H23N5O2. The Hall–Kier alpha value is -2.28. The zero-order valence-corrected chi connectivity index (χ0v) is 14.2. The predicted octanol–water partition coefficient (Wildman–Crippen LogP) is 1.72. The SMILES string of the molecule is Cc1nnc(CN2CCCC(CNC(=O)c3cnccc3C)C2)o1. The van der Waals surface area contributed by atoms with Gasteiger partial charge in [-0.05, 0) is 43.9 Å². The summed E-state index contributed by atoms with van der Waals surface area (Å²) in [5.41, 5.74) is 1.59. The summed E-state index contributed by atoms with van der Waals surface area (Å²) in [4.78, 5) is 18.6. The molecule has 0 aliphatic carbocycles. The minimum atomic E-state index is -0.0507. The maximum absolute atomic E-state index is 12.3. The van der Waals surface area contributed by atoms with Crippen LogP contribution in [0.25, 0.3) is 0 Å². The van der Waals surface area contributed by atoms with Gasteiger partial charge in [-0.25, -0.2) is 0 Å². The van der Waals surface area contributed by atoms with Gasteiger partial charge in [0.05, 0.1) is 12.1 Å². The third-order valence-electron chi connectivity index (χ3n) is 4.36. The first kappa shape index (κ1) is 16.6. The van der Waals surface area contributed by atoms with Gasteiger partial charge in [0.1, 0.15) is 0 Å². The summed E-state index contributed by atoms with van der Waals surface area (Å²) < 4.78 is 5.45. The van der Waals surface area contributed by atoms with Gasteiger partial charge in [-0.3, -0.25) is 14.7 Å². The summed E-state index contributed by atoms with van der Waals surface area (Å²) in [7, 11) is 0. The molecule has 1 atom stereocenters. The number of piperidine rings is 1. The van der Waals surface area contributed by atoms with Crippen LogP contribution < -0.4 is 5.32 Å². The number of pyridine rings is 1. The fourth-order valence-corrected chi connectivity index (χ4v) is 3.09. The van der Waals surface area contributed by atoms with E-state index in [1.807, 2.05) is 13.0 Å². The number of aryl methyl sites for hydroxylation is 2. The molecule has 2 aromatic heterocycles. The molecule has 1 N–H and O–H groups in total. The van der Waals surface area contributed by atoms with E-state index in [1.54, 1.807) is 19.3 Å². The van der Waals surface area contributed by atoms with E-state index < -0.39 is 0 Å². The number of carbonyl (C=O) groups excluding carboxylic acids is 1. The second-order valence-electron chi connectivity index (χ2n) is 6.36. The Labute approximate surface area is 141 Å². The Bertz CT molecular complexity index is 700. The molecule has 0 saturated carbocycles. The smallest absolute Gasteiger partial charge is 0.253 e. The van der Waals surface area contributed by atoms with Crippen LogP contribution in [0.2, 0.25) is 0 Å². The van der Waals surface area contributed by atoms with Crippen LogP contribution >= 0.6 is 0 Å². The molecule has 1 amide bonds. The Kier molecular flexibility index (Phi) is 5.20. The van der Waals surface area contributed by atoms with Crippen LogP contribution in [0.3, 0.4) is 0 Å². The van der Waals surface area contributed by atoms with E-state index in [1.165, 1.54) is 0 Å². The van der Waals surface area contributed by atoms with Gasteiger partial charge in [0.2, 0.25) is 11.8 Å². The van der Waals surface area contributed by atoms with Crippen LogP contribution in [0.5, 0.6) is 0 Å². The minimum Gasteiger partial charge on any atom is -0.424 e. The highest BCUT2D eigenvalue weighted by molar-refractivity contribution is 5.95. The Morgan fingerprint density at radius 2 is 2.29 bits per heavy atom. The normalized spacial score (nSPS) is 18.5. The van der Waals surface area contributed by atoms with Crippen LogP contribution in [-0.2, 0) is 6.54 Å². The van der Waals surface area contributed by atoms with Gasteiger partial charge < -0.3 is 9.73 Å². The fourth-order valence-electron chi connectivity index (χ4n) is 3.09. The van der Waals surface area contributed by atoms with E-state index in [-0.39, 0.29) is 5.91 Å². The van der Waals surface area contributed by atoms with Crippen molar-refractivity contribution in [2.24, 2.45) is 5.92 Å². The minimum absolute atomic E-state index is 0.0507. The number of rotatable bonds is 5. The van der Waals surface area contributed by atoms with Crippen LogP contribution in [0.1, 0.15) is 40.5 Å². The molecule has 0 bridgehead atoms. The van der Waals surface area contributed by atoms with Crippen molar-refractivity contribution in [3.8, 4) is 0 Å². The summed E-state index contributed by atoms with van der Waals surface area (Å²) in [5.74, 6) is 1.63. The van der Waals surface area contributed by atoms with E-state index in [0.29, 0.717) is 36.4 Å². The molecule has 3 heterocycles. The number of nitrogens with zero attached hydrogens (tertiary/aromatic N) is 4. The predicted molar refractivity (Wildman–Crippen MR) is 88.3 cm³/mol. The van der Waals surface area contributed by atoms with E-state index in [0.717, 1.165) is 31.5 Å². The summed E-state index contributed by atoms with van der Waals surface area (Å²) in [6, 6.07) is 1.85. The molecule has 24 heavy (non-hydrogen) atoms. The van der Waals surface area contributed by atoms with Gasteiger partial charge in [0.25, 0.3) is 5.91 Å². The quantitative estimate of drug-likeness (QED) is 0.899. The third kappa shape index (κ3) is 4.17. The lowest BCUT2D eigenvalue weighted by molar-refractivity contribution is 0.0926. The van der Waals surface area contributed by atoms with E-state index in [9.17, 15) is 4.79 Å². The number of likely N-dealkylation sites (tertiary alicyclic amines) is 1. The number of carbonyl (C=O) groups is 1. The molecule has 0 radical (unpaired) electrons. The average molecular weight is 329 g/mol. The molecule has 3 rings (SSSR count). The molecule has 7 nitrogen and oxygen atoms in total. The fraction of sp³-hybridized carbons (Fsp3) is 0.529. The van der Waals surface area contributed by atoms with Gasteiger partial charge >= 0.3 is 0 Å². The van der Waals surface area contributed by atoms with Crippen molar-refractivity contribution in [1.29, 1.82) is 0 Å². The zero-order valence-electron chi connectivity index (χ0n) is 14.2. The van der Waals surface area contributed by atoms with E-state index in [4.69, 9.17) is 4.42 Å². The Balaban J connectivity index is 1.50. The molecule has 1 fully saturated rings. The van der Waals surface area contributed by atoms with Crippen LogP contribution in [0.15, 0.2) is 22.9 Å². The number of nitrogens with one attached hydrogen (secondary N) is 1. The standard InChI is InChI=1S/C17H23N5O2/c1-12-5-6-18-9-15(12)17(23)19-8-14-4-3-7-22(10-14)11-16-21-20-13(2)24-16/h5-6,9,14H,3-4,7-8,10-11H2,1-2H3,(H,19,23). The molecule has 1 saturated heterocycles. The Morgan fingerprint density at radius 1 is 1.42 bits per heavy atom.